The van der Waals surface area contributed by atoms with Crippen LogP contribution in [0.15, 0.2) is 48.0 Å². The Morgan fingerprint density at radius 2 is 1.94 bits per heavy atom. The van der Waals surface area contributed by atoms with Crippen molar-refractivity contribution in [1.29, 1.82) is 0 Å². The van der Waals surface area contributed by atoms with Gasteiger partial charge in [0.2, 0.25) is 0 Å². The highest BCUT2D eigenvalue weighted by Gasteiger charge is 2.35. The molecule has 1 N–H and O–H groups in total. The minimum absolute atomic E-state index is 0.0603. The molecule has 1 saturated heterocycles. The van der Waals surface area contributed by atoms with E-state index in [1.54, 1.807) is 30.3 Å². The Balaban J connectivity index is 1.80. The van der Waals surface area contributed by atoms with Crippen LogP contribution in [0.5, 0.6) is 0 Å². The average Bonchev–Trinajstić information content (AvgIpc) is 2.71. The largest absolute Gasteiger partial charge is 0.363 e. The molecule has 2 aromatic rings. The van der Waals surface area contributed by atoms with E-state index in [0.717, 1.165) is 16.8 Å². The summed E-state index contributed by atoms with van der Waals surface area (Å²) in [7, 11) is 0. The standard InChI is InChI=1S/C25H23ClFN3O2S/c1-5-29-21-12-20(27)15(9-18(21)14(2)13-25(29,3)4)10-19-22(31)28-24(33)30(23(19)32)17-8-6-7-16(26)11-17/h6-13H,5H2,1-4H3,(H,28,31,33)/b19-10-. The Labute approximate surface area is 202 Å². The van der Waals surface area contributed by atoms with E-state index >= 15 is 4.39 Å². The maximum Gasteiger partial charge on any atom is 0.270 e. The summed E-state index contributed by atoms with van der Waals surface area (Å²) >= 11 is 11.3. The van der Waals surface area contributed by atoms with E-state index in [2.05, 4.69) is 30.1 Å². The molecule has 170 valence electrons. The molecule has 0 spiro atoms. The fraction of sp³-hybridized carbons (Fsp3) is 0.240. The summed E-state index contributed by atoms with van der Waals surface area (Å²) in [6.07, 6.45) is 3.40. The van der Waals surface area contributed by atoms with Crippen LogP contribution in [0.1, 0.15) is 38.8 Å². The number of carbonyl (C=O) groups is 2. The number of nitrogens with one attached hydrogen (secondary N) is 1. The normalized spacial score (nSPS) is 18.9. The van der Waals surface area contributed by atoms with Gasteiger partial charge >= 0.3 is 0 Å². The van der Waals surface area contributed by atoms with E-state index < -0.39 is 17.6 Å². The molecule has 0 radical (unpaired) electrons. The van der Waals surface area contributed by atoms with Gasteiger partial charge in [0.25, 0.3) is 11.8 Å². The molecule has 0 atom stereocenters. The van der Waals surface area contributed by atoms with E-state index in [9.17, 15) is 9.59 Å². The minimum Gasteiger partial charge on any atom is -0.363 e. The van der Waals surface area contributed by atoms with Crippen molar-refractivity contribution >= 4 is 63.8 Å². The first-order chi connectivity index (χ1) is 15.5. The summed E-state index contributed by atoms with van der Waals surface area (Å²) < 4.78 is 15.2. The molecular formula is C25H23ClFN3O2S. The fourth-order valence-corrected chi connectivity index (χ4v) is 4.93. The van der Waals surface area contributed by atoms with Gasteiger partial charge in [-0.3, -0.25) is 19.8 Å². The van der Waals surface area contributed by atoms with Crippen molar-refractivity contribution in [2.75, 3.05) is 16.3 Å². The molecule has 33 heavy (non-hydrogen) atoms. The molecule has 2 amide bonds. The number of halogens is 2. The lowest BCUT2D eigenvalue weighted by atomic mass is 9.87. The third-order valence-electron chi connectivity index (χ3n) is 5.88. The monoisotopic (exact) mass is 483 g/mol. The number of nitrogens with zero attached hydrogens (tertiary/aromatic N) is 2. The number of carbonyl (C=O) groups excluding carboxylic acids is 2. The number of amides is 2. The number of allylic oxidation sites excluding steroid dienone is 1. The van der Waals surface area contributed by atoms with Crippen LogP contribution < -0.4 is 15.1 Å². The van der Waals surface area contributed by atoms with Crippen molar-refractivity contribution in [3.63, 3.8) is 0 Å². The van der Waals surface area contributed by atoms with E-state index in [1.807, 2.05) is 13.8 Å². The summed E-state index contributed by atoms with van der Waals surface area (Å²) in [5.74, 6) is -1.84. The zero-order chi connectivity index (χ0) is 24.1. The number of likely N-dealkylation sites (N-methyl/N-ethyl adjacent to an activating group) is 1. The SMILES string of the molecule is CCN1c2cc(F)c(/C=C3/C(=O)NC(=S)N(c4cccc(Cl)c4)C3=O)cc2C(C)=CC1(C)C. The second kappa shape index (κ2) is 8.39. The predicted molar refractivity (Wildman–Crippen MR) is 135 cm³/mol. The Bertz CT molecular complexity index is 1270. The van der Waals surface area contributed by atoms with Crippen molar-refractivity contribution in [2.24, 2.45) is 0 Å². The minimum atomic E-state index is -0.677. The molecule has 2 aromatic carbocycles. The van der Waals surface area contributed by atoms with Gasteiger partial charge in [-0.15, -0.1) is 0 Å². The van der Waals surface area contributed by atoms with Gasteiger partial charge in [0.1, 0.15) is 11.4 Å². The first kappa shape index (κ1) is 23.1. The maximum atomic E-state index is 15.2. The summed E-state index contributed by atoms with van der Waals surface area (Å²) in [5, 5.41) is 2.86. The second-order valence-corrected chi connectivity index (χ2v) is 9.38. The van der Waals surface area contributed by atoms with Gasteiger partial charge in [-0.2, -0.15) is 0 Å². The lowest BCUT2D eigenvalue weighted by Gasteiger charge is -2.43. The number of hydrogen-bond acceptors (Lipinski definition) is 4. The number of rotatable bonds is 3. The molecule has 2 aliphatic rings. The molecule has 2 heterocycles. The number of hydrogen-bond donors (Lipinski definition) is 1. The van der Waals surface area contributed by atoms with Gasteiger partial charge < -0.3 is 4.90 Å². The number of thiocarbonyl (C=S) groups is 1. The highest BCUT2D eigenvalue weighted by molar-refractivity contribution is 7.80. The molecule has 0 saturated carbocycles. The van der Waals surface area contributed by atoms with E-state index in [4.69, 9.17) is 23.8 Å². The van der Waals surface area contributed by atoms with Crippen LogP contribution >= 0.6 is 23.8 Å². The molecule has 1 fully saturated rings. The van der Waals surface area contributed by atoms with Gasteiger partial charge in [-0.25, -0.2) is 4.39 Å². The topological polar surface area (TPSA) is 52.7 Å². The van der Waals surface area contributed by atoms with Crippen LogP contribution in [0.3, 0.4) is 0 Å². The zero-order valence-electron chi connectivity index (χ0n) is 18.7. The third-order valence-corrected chi connectivity index (χ3v) is 6.40. The van der Waals surface area contributed by atoms with Crippen molar-refractivity contribution in [3.05, 3.63) is 70.0 Å². The Morgan fingerprint density at radius 3 is 2.61 bits per heavy atom. The molecule has 5 nitrogen and oxygen atoms in total. The molecule has 0 unspecified atom stereocenters. The molecular weight excluding hydrogens is 461 g/mol. The summed E-state index contributed by atoms with van der Waals surface area (Å²) in [5.41, 5.74) is 2.72. The van der Waals surface area contributed by atoms with E-state index in [-0.39, 0.29) is 21.8 Å². The maximum absolute atomic E-state index is 15.2. The quantitative estimate of drug-likeness (QED) is 0.364. The van der Waals surface area contributed by atoms with Crippen LogP contribution in [-0.4, -0.2) is 29.0 Å². The summed E-state index contributed by atoms with van der Waals surface area (Å²) in [4.78, 5) is 29.2. The van der Waals surface area contributed by atoms with E-state index in [0.29, 0.717) is 17.3 Å². The molecule has 2 aliphatic heterocycles. The summed E-state index contributed by atoms with van der Waals surface area (Å²) in [6, 6.07) is 9.70. The molecule has 0 aliphatic carbocycles. The van der Waals surface area contributed by atoms with Gasteiger partial charge in [0, 0.05) is 28.4 Å². The van der Waals surface area contributed by atoms with Crippen molar-refractivity contribution in [3.8, 4) is 0 Å². The first-order valence-corrected chi connectivity index (χ1v) is 11.3. The average molecular weight is 484 g/mol. The highest BCUT2D eigenvalue weighted by Crippen LogP contribution is 2.40. The summed E-state index contributed by atoms with van der Waals surface area (Å²) in [6.45, 7) is 8.85. The van der Waals surface area contributed by atoms with Crippen LogP contribution in [0.4, 0.5) is 15.8 Å². The Kier molecular flexibility index (Phi) is 5.88. The molecule has 4 rings (SSSR count). The number of benzene rings is 2. The van der Waals surface area contributed by atoms with Crippen molar-refractivity contribution < 1.29 is 14.0 Å². The lowest BCUT2D eigenvalue weighted by Crippen LogP contribution is -2.54. The van der Waals surface area contributed by atoms with Crippen LogP contribution in [-0.2, 0) is 9.59 Å². The van der Waals surface area contributed by atoms with Crippen LogP contribution in [0.25, 0.3) is 11.6 Å². The zero-order valence-corrected chi connectivity index (χ0v) is 20.3. The van der Waals surface area contributed by atoms with Gasteiger partial charge in [-0.05, 0) is 81.9 Å². The van der Waals surface area contributed by atoms with Crippen molar-refractivity contribution in [2.45, 2.75) is 33.2 Å². The van der Waals surface area contributed by atoms with Crippen LogP contribution in [0.2, 0.25) is 5.02 Å². The van der Waals surface area contributed by atoms with Gasteiger partial charge in [0.15, 0.2) is 5.11 Å². The number of anilines is 2. The fourth-order valence-electron chi connectivity index (χ4n) is 4.47. The predicted octanol–water partition coefficient (Wildman–Crippen LogP) is 5.33. The number of fused-ring (bicyclic) bond motifs is 1. The first-order valence-electron chi connectivity index (χ1n) is 10.5. The highest BCUT2D eigenvalue weighted by atomic mass is 35.5. The van der Waals surface area contributed by atoms with E-state index in [1.165, 1.54) is 17.0 Å². The van der Waals surface area contributed by atoms with Gasteiger partial charge in [0.05, 0.1) is 11.2 Å². The third kappa shape index (κ3) is 4.07. The molecule has 0 aromatic heterocycles. The Morgan fingerprint density at radius 1 is 1.21 bits per heavy atom. The van der Waals surface area contributed by atoms with Crippen LogP contribution in [0, 0.1) is 5.82 Å². The smallest absolute Gasteiger partial charge is 0.270 e. The molecule has 0 bridgehead atoms. The molecule has 8 heteroatoms. The van der Waals surface area contributed by atoms with Gasteiger partial charge in [-0.1, -0.05) is 23.7 Å². The lowest BCUT2D eigenvalue weighted by molar-refractivity contribution is -0.122. The Hall–Kier alpha value is -3.03. The van der Waals surface area contributed by atoms with Crippen molar-refractivity contribution in [1.82, 2.24) is 5.32 Å². The second-order valence-electron chi connectivity index (χ2n) is 8.55.